The van der Waals surface area contributed by atoms with Gasteiger partial charge in [-0.1, -0.05) is 48.0 Å². The van der Waals surface area contributed by atoms with Crippen LogP contribution >= 0.6 is 11.6 Å². The molecule has 1 unspecified atom stereocenters. The van der Waals surface area contributed by atoms with Crippen LogP contribution in [0.3, 0.4) is 0 Å². The lowest BCUT2D eigenvalue weighted by molar-refractivity contribution is 0.0784. The summed E-state index contributed by atoms with van der Waals surface area (Å²) in [5.41, 5.74) is 0.708. The molecule has 5 rings (SSSR count). The van der Waals surface area contributed by atoms with Crippen molar-refractivity contribution in [1.82, 2.24) is 14.5 Å². The van der Waals surface area contributed by atoms with Crippen LogP contribution in [0.2, 0.25) is 5.02 Å². The number of hydrogen-bond donors (Lipinski definition) is 1. The fourth-order valence-electron chi connectivity index (χ4n) is 5.09. The normalized spacial score (nSPS) is 14.6. The molecule has 1 atom stereocenters. The number of halogens is 1. The minimum atomic E-state index is -0.886. The molecule has 202 valence electrons. The van der Waals surface area contributed by atoms with Crippen molar-refractivity contribution in [3.05, 3.63) is 98.8 Å². The van der Waals surface area contributed by atoms with Gasteiger partial charge in [0.1, 0.15) is 17.2 Å². The van der Waals surface area contributed by atoms with Gasteiger partial charge in [0.05, 0.1) is 25.9 Å². The summed E-state index contributed by atoms with van der Waals surface area (Å²) >= 11 is 6.24. The Labute approximate surface area is 235 Å². The van der Waals surface area contributed by atoms with E-state index < -0.39 is 22.9 Å². The van der Waals surface area contributed by atoms with Gasteiger partial charge in [-0.25, -0.2) is 0 Å². The maximum absolute atomic E-state index is 13.8. The number of hydrogen-bond acceptors (Lipinski definition) is 7. The van der Waals surface area contributed by atoms with E-state index >= 15 is 0 Å². The van der Waals surface area contributed by atoms with Crippen LogP contribution in [0.5, 0.6) is 17.4 Å². The molecule has 1 fully saturated rings. The van der Waals surface area contributed by atoms with E-state index in [2.05, 4.69) is 11.1 Å². The molecule has 3 aromatic carbocycles. The lowest BCUT2D eigenvalue weighted by Crippen LogP contribution is -2.34. The lowest BCUT2D eigenvalue weighted by Gasteiger charge is -2.22. The third kappa shape index (κ3) is 4.74. The molecule has 40 heavy (non-hydrogen) atoms. The SMILES string of the molecule is COc1cccc(OC)c1-n1c(-c2cccc(Cl)c2)nc(=O)c(C(=O)N2CCC(c3ccccc3C#N)C2)c1O. The van der Waals surface area contributed by atoms with Crippen molar-refractivity contribution in [3.8, 4) is 40.5 Å². The van der Waals surface area contributed by atoms with Crippen LogP contribution in [0.4, 0.5) is 0 Å². The second-order valence-electron chi connectivity index (χ2n) is 9.23. The van der Waals surface area contributed by atoms with Gasteiger partial charge in [-0.2, -0.15) is 10.2 Å². The molecular formula is C30H25ClN4O5. The number of ether oxygens (including phenoxy) is 2. The number of para-hydroxylation sites is 1. The first-order chi connectivity index (χ1) is 19.4. The first-order valence-electron chi connectivity index (χ1n) is 12.5. The minimum absolute atomic E-state index is 0.0478. The Hall–Kier alpha value is -4.81. The first-order valence-corrected chi connectivity index (χ1v) is 12.9. The molecular weight excluding hydrogens is 532 g/mol. The molecule has 1 aliphatic rings. The van der Waals surface area contributed by atoms with Crippen LogP contribution in [-0.2, 0) is 0 Å². The van der Waals surface area contributed by atoms with Crippen molar-refractivity contribution in [2.75, 3.05) is 27.3 Å². The van der Waals surface area contributed by atoms with Crippen LogP contribution in [0.15, 0.2) is 71.5 Å². The van der Waals surface area contributed by atoms with E-state index in [1.165, 1.54) is 23.7 Å². The predicted molar refractivity (Wildman–Crippen MR) is 149 cm³/mol. The number of nitrogens with zero attached hydrogens (tertiary/aromatic N) is 4. The second kappa shape index (κ2) is 11.1. The summed E-state index contributed by atoms with van der Waals surface area (Å²) in [5, 5.41) is 21.6. The zero-order valence-electron chi connectivity index (χ0n) is 21.8. The average Bonchev–Trinajstić information content (AvgIpc) is 3.47. The largest absolute Gasteiger partial charge is 0.494 e. The van der Waals surface area contributed by atoms with Gasteiger partial charge < -0.3 is 19.5 Å². The quantitative estimate of drug-likeness (QED) is 0.363. The fraction of sp³-hybridized carbons (Fsp3) is 0.200. The van der Waals surface area contributed by atoms with E-state index in [1.807, 2.05) is 12.1 Å². The number of methoxy groups -OCH3 is 2. The molecule has 0 bridgehead atoms. The van der Waals surface area contributed by atoms with Crippen molar-refractivity contribution in [2.24, 2.45) is 0 Å². The molecule has 0 spiro atoms. The average molecular weight is 557 g/mol. The summed E-state index contributed by atoms with van der Waals surface area (Å²) in [7, 11) is 2.92. The van der Waals surface area contributed by atoms with Crippen molar-refractivity contribution in [3.63, 3.8) is 0 Å². The molecule has 1 amide bonds. The third-order valence-corrected chi connectivity index (χ3v) is 7.22. The summed E-state index contributed by atoms with van der Waals surface area (Å²) in [5.74, 6) is -0.674. The minimum Gasteiger partial charge on any atom is -0.494 e. The van der Waals surface area contributed by atoms with Crippen LogP contribution in [0.1, 0.15) is 33.8 Å². The smallest absolute Gasteiger partial charge is 0.290 e. The molecule has 2 heterocycles. The Morgan fingerprint density at radius 3 is 2.45 bits per heavy atom. The van der Waals surface area contributed by atoms with Gasteiger partial charge in [0.15, 0.2) is 11.4 Å². The number of carbonyl (C=O) groups is 1. The van der Waals surface area contributed by atoms with Crippen LogP contribution in [0, 0.1) is 11.3 Å². The molecule has 1 aromatic heterocycles. The maximum atomic E-state index is 13.8. The second-order valence-corrected chi connectivity index (χ2v) is 9.67. The maximum Gasteiger partial charge on any atom is 0.290 e. The highest BCUT2D eigenvalue weighted by molar-refractivity contribution is 6.30. The van der Waals surface area contributed by atoms with Gasteiger partial charge in [0.25, 0.3) is 11.5 Å². The van der Waals surface area contributed by atoms with Gasteiger partial charge in [-0.05, 0) is 42.3 Å². The van der Waals surface area contributed by atoms with Gasteiger partial charge in [0.2, 0.25) is 5.88 Å². The van der Waals surface area contributed by atoms with Crippen LogP contribution < -0.4 is 15.0 Å². The monoisotopic (exact) mass is 556 g/mol. The predicted octanol–water partition coefficient (Wildman–Crippen LogP) is 4.78. The Morgan fingerprint density at radius 2 is 1.77 bits per heavy atom. The zero-order valence-corrected chi connectivity index (χ0v) is 22.6. The van der Waals surface area contributed by atoms with E-state index in [4.69, 9.17) is 21.1 Å². The van der Waals surface area contributed by atoms with Crippen molar-refractivity contribution >= 4 is 17.5 Å². The number of carbonyl (C=O) groups excluding carboxylic acids is 1. The lowest BCUT2D eigenvalue weighted by atomic mass is 9.94. The molecule has 1 N–H and O–H groups in total. The number of likely N-dealkylation sites (tertiary alicyclic amines) is 1. The van der Waals surface area contributed by atoms with E-state index in [0.29, 0.717) is 40.6 Å². The molecule has 1 aliphatic heterocycles. The van der Waals surface area contributed by atoms with E-state index in [0.717, 1.165) is 5.56 Å². The van der Waals surface area contributed by atoms with Gasteiger partial charge in [0, 0.05) is 29.6 Å². The molecule has 4 aromatic rings. The molecule has 9 nitrogen and oxygen atoms in total. The summed E-state index contributed by atoms with van der Waals surface area (Å²) in [4.78, 5) is 32.9. The summed E-state index contributed by atoms with van der Waals surface area (Å²) < 4.78 is 12.4. The summed E-state index contributed by atoms with van der Waals surface area (Å²) in [6.45, 7) is 0.626. The Bertz CT molecular complexity index is 1690. The Morgan fingerprint density at radius 1 is 1.07 bits per heavy atom. The Balaban J connectivity index is 1.66. The van der Waals surface area contributed by atoms with Crippen molar-refractivity contribution in [1.29, 1.82) is 5.26 Å². The Kier molecular flexibility index (Phi) is 7.45. The number of rotatable bonds is 6. The highest BCUT2D eigenvalue weighted by Gasteiger charge is 2.34. The molecule has 0 saturated carbocycles. The van der Waals surface area contributed by atoms with Crippen LogP contribution in [0.25, 0.3) is 17.1 Å². The molecule has 10 heteroatoms. The van der Waals surface area contributed by atoms with Gasteiger partial charge in [-0.15, -0.1) is 0 Å². The topological polar surface area (TPSA) is 118 Å². The zero-order chi connectivity index (χ0) is 28.4. The number of aromatic hydroxyl groups is 1. The van der Waals surface area contributed by atoms with E-state index in [1.54, 1.807) is 54.6 Å². The highest BCUT2D eigenvalue weighted by atomic mass is 35.5. The van der Waals surface area contributed by atoms with Crippen molar-refractivity contribution < 1.29 is 19.4 Å². The highest BCUT2D eigenvalue weighted by Crippen LogP contribution is 2.39. The number of benzene rings is 3. The number of amides is 1. The molecule has 1 saturated heterocycles. The summed E-state index contributed by atoms with van der Waals surface area (Å²) in [6.07, 6.45) is 0.605. The van der Waals surface area contributed by atoms with Crippen molar-refractivity contribution in [2.45, 2.75) is 12.3 Å². The van der Waals surface area contributed by atoms with E-state index in [-0.39, 0.29) is 24.0 Å². The van der Waals surface area contributed by atoms with Gasteiger partial charge >= 0.3 is 0 Å². The standard InChI is InChI=1S/C30H25ClN4O5/c1-39-23-11-6-12-24(40-2)26(23)35-27(18-8-5-9-21(31)15-18)33-28(36)25(30(35)38)29(37)34-14-13-20(17-34)22-10-4-3-7-19(22)16-32/h3-12,15,20,38H,13-14,17H2,1-2H3. The van der Waals surface area contributed by atoms with Crippen LogP contribution in [-0.4, -0.2) is 52.8 Å². The molecule has 0 aliphatic carbocycles. The van der Waals surface area contributed by atoms with Gasteiger partial charge in [-0.3, -0.25) is 14.2 Å². The third-order valence-electron chi connectivity index (χ3n) is 6.99. The fourth-order valence-corrected chi connectivity index (χ4v) is 5.28. The first kappa shape index (κ1) is 26.8. The van der Waals surface area contributed by atoms with E-state index in [9.17, 15) is 20.0 Å². The summed E-state index contributed by atoms with van der Waals surface area (Å²) in [6, 6.07) is 21.1. The number of nitriles is 1. The molecule has 0 radical (unpaired) electrons. The number of aromatic nitrogens is 2.